The van der Waals surface area contributed by atoms with E-state index in [1.54, 1.807) is 25.2 Å². The Hall–Kier alpha value is -1.95. The summed E-state index contributed by atoms with van der Waals surface area (Å²) in [5, 5.41) is 0. The summed E-state index contributed by atoms with van der Waals surface area (Å²) in [4.78, 5) is 26.9. The van der Waals surface area contributed by atoms with E-state index in [1.807, 2.05) is 0 Å². The van der Waals surface area contributed by atoms with E-state index >= 15 is 0 Å². The summed E-state index contributed by atoms with van der Waals surface area (Å²) in [6.07, 6.45) is 0.708. The molecule has 1 aromatic carbocycles. The topological polar surface area (TPSA) is 66.6 Å². The van der Waals surface area contributed by atoms with Crippen LogP contribution in [0.2, 0.25) is 0 Å². The quantitative estimate of drug-likeness (QED) is 0.884. The minimum atomic E-state index is -0.534. The lowest BCUT2D eigenvalue weighted by Crippen LogP contribution is -2.43. The van der Waals surface area contributed by atoms with Crippen LogP contribution in [-0.4, -0.2) is 42.9 Å². The number of amides is 2. The Morgan fingerprint density at radius 3 is 2.85 bits per heavy atom. The van der Waals surface area contributed by atoms with Gasteiger partial charge in [-0.05, 0) is 18.6 Å². The molecular weight excluding hydrogens is 261 g/mol. The Labute approximate surface area is 117 Å². The summed E-state index contributed by atoms with van der Waals surface area (Å²) in [5.74, 6) is -0.846. The molecule has 0 aromatic heterocycles. The molecule has 5 nitrogen and oxygen atoms in total. The van der Waals surface area contributed by atoms with E-state index in [9.17, 15) is 14.0 Å². The average molecular weight is 279 g/mol. The fraction of sp³-hybridized carbons (Fsp3) is 0.429. The van der Waals surface area contributed by atoms with Crippen LogP contribution in [0, 0.1) is 5.82 Å². The van der Waals surface area contributed by atoms with Crippen LogP contribution in [0.5, 0.6) is 0 Å². The number of carbonyl (C=O) groups is 2. The summed E-state index contributed by atoms with van der Waals surface area (Å²) in [7, 11) is 1.59. The van der Waals surface area contributed by atoms with Crippen LogP contribution in [0.25, 0.3) is 0 Å². The van der Waals surface area contributed by atoms with Gasteiger partial charge in [-0.25, -0.2) is 4.39 Å². The lowest BCUT2D eigenvalue weighted by molar-refractivity contribution is -0.136. The number of hydrogen-bond donors (Lipinski definition) is 1. The normalized spacial score (nSPS) is 18.4. The van der Waals surface area contributed by atoms with Gasteiger partial charge in [-0.2, -0.15) is 0 Å². The molecule has 6 heteroatoms. The summed E-state index contributed by atoms with van der Waals surface area (Å²) in [5.41, 5.74) is 5.61. The van der Waals surface area contributed by atoms with Crippen LogP contribution in [0.1, 0.15) is 12.8 Å². The highest BCUT2D eigenvalue weighted by atomic mass is 19.1. The van der Waals surface area contributed by atoms with E-state index in [1.165, 1.54) is 15.9 Å². The number of hydrogen-bond acceptors (Lipinski definition) is 3. The van der Waals surface area contributed by atoms with Crippen molar-refractivity contribution in [3.8, 4) is 0 Å². The van der Waals surface area contributed by atoms with Crippen molar-refractivity contribution in [2.45, 2.75) is 18.9 Å². The molecule has 2 N–H and O–H groups in total. The van der Waals surface area contributed by atoms with Crippen molar-refractivity contribution >= 4 is 17.5 Å². The zero-order valence-corrected chi connectivity index (χ0v) is 11.4. The van der Waals surface area contributed by atoms with Crippen molar-refractivity contribution in [3.05, 3.63) is 30.1 Å². The second kappa shape index (κ2) is 6.00. The molecule has 0 saturated carbocycles. The van der Waals surface area contributed by atoms with Crippen molar-refractivity contribution < 1.29 is 14.0 Å². The SMILES string of the molecule is CN(C(=O)CCN)C1CCN(c2ccccc2F)C1=O. The molecule has 1 atom stereocenters. The fourth-order valence-corrected chi connectivity index (χ4v) is 2.41. The van der Waals surface area contributed by atoms with Gasteiger partial charge in [-0.3, -0.25) is 9.59 Å². The maximum atomic E-state index is 13.7. The van der Waals surface area contributed by atoms with Crippen LogP contribution < -0.4 is 10.6 Å². The van der Waals surface area contributed by atoms with E-state index in [0.29, 0.717) is 13.0 Å². The third-order valence-corrected chi connectivity index (χ3v) is 3.54. The second-order valence-electron chi connectivity index (χ2n) is 4.79. The lowest BCUT2D eigenvalue weighted by atomic mass is 10.2. The number of nitrogens with zero attached hydrogens (tertiary/aromatic N) is 2. The first kappa shape index (κ1) is 14.5. The van der Waals surface area contributed by atoms with E-state index < -0.39 is 11.9 Å². The van der Waals surface area contributed by atoms with Crippen LogP contribution >= 0.6 is 0 Å². The largest absolute Gasteiger partial charge is 0.334 e. The van der Waals surface area contributed by atoms with Crippen LogP contribution in [0.4, 0.5) is 10.1 Å². The van der Waals surface area contributed by atoms with E-state index in [2.05, 4.69) is 0 Å². The summed E-state index contributed by atoms with van der Waals surface area (Å²) in [6, 6.07) is 5.61. The van der Waals surface area contributed by atoms with Gasteiger partial charge in [0, 0.05) is 26.6 Å². The molecule has 0 bridgehead atoms. The summed E-state index contributed by atoms with van der Waals surface area (Å²) < 4.78 is 13.7. The second-order valence-corrected chi connectivity index (χ2v) is 4.79. The van der Waals surface area contributed by atoms with E-state index in [0.717, 1.165) is 0 Å². The first-order chi connectivity index (χ1) is 9.56. The average Bonchev–Trinajstić information content (AvgIpc) is 2.80. The minimum Gasteiger partial charge on any atom is -0.334 e. The number of benzene rings is 1. The first-order valence-corrected chi connectivity index (χ1v) is 6.58. The molecule has 2 rings (SSSR count). The number of nitrogens with two attached hydrogens (primary N) is 1. The van der Waals surface area contributed by atoms with Crippen LogP contribution in [0.3, 0.4) is 0 Å². The molecule has 1 unspecified atom stereocenters. The van der Waals surface area contributed by atoms with Gasteiger partial charge in [-0.1, -0.05) is 12.1 Å². The molecule has 1 fully saturated rings. The van der Waals surface area contributed by atoms with E-state index in [4.69, 9.17) is 5.73 Å². The zero-order valence-electron chi connectivity index (χ0n) is 11.4. The Morgan fingerprint density at radius 2 is 2.20 bits per heavy atom. The van der Waals surface area contributed by atoms with Crippen molar-refractivity contribution in [3.63, 3.8) is 0 Å². The molecule has 1 heterocycles. The predicted octanol–water partition coefficient (Wildman–Crippen LogP) is 0.738. The van der Waals surface area contributed by atoms with Crippen molar-refractivity contribution in [2.24, 2.45) is 5.73 Å². The van der Waals surface area contributed by atoms with Crippen LogP contribution in [-0.2, 0) is 9.59 Å². The van der Waals surface area contributed by atoms with Gasteiger partial charge in [0.1, 0.15) is 11.9 Å². The van der Waals surface area contributed by atoms with Gasteiger partial charge in [0.05, 0.1) is 5.69 Å². The number of carbonyl (C=O) groups excluding carboxylic acids is 2. The predicted molar refractivity (Wildman–Crippen MR) is 73.6 cm³/mol. The maximum Gasteiger partial charge on any atom is 0.249 e. The molecule has 108 valence electrons. The molecule has 20 heavy (non-hydrogen) atoms. The molecule has 0 radical (unpaired) electrons. The molecule has 1 aliphatic heterocycles. The smallest absolute Gasteiger partial charge is 0.249 e. The maximum absolute atomic E-state index is 13.7. The van der Waals surface area contributed by atoms with Gasteiger partial charge in [0.2, 0.25) is 11.8 Å². The first-order valence-electron chi connectivity index (χ1n) is 6.58. The third-order valence-electron chi connectivity index (χ3n) is 3.54. The van der Waals surface area contributed by atoms with Gasteiger partial charge in [0.25, 0.3) is 0 Å². The molecule has 1 aromatic rings. The van der Waals surface area contributed by atoms with Crippen molar-refractivity contribution in [1.29, 1.82) is 0 Å². The summed E-state index contributed by atoms with van der Waals surface area (Å²) >= 11 is 0. The fourth-order valence-electron chi connectivity index (χ4n) is 2.41. The molecule has 1 aliphatic rings. The molecule has 0 aliphatic carbocycles. The monoisotopic (exact) mass is 279 g/mol. The zero-order chi connectivity index (χ0) is 14.7. The minimum absolute atomic E-state index is 0.166. The molecule has 0 spiro atoms. The molecular formula is C14H18FN3O2. The third kappa shape index (κ3) is 2.65. The number of likely N-dealkylation sites (N-methyl/N-ethyl adjacent to an activating group) is 1. The van der Waals surface area contributed by atoms with Crippen molar-refractivity contribution in [2.75, 3.05) is 25.0 Å². The summed E-state index contributed by atoms with van der Waals surface area (Å²) in [6.45, 7) is 0.659. The highest BCUT2D eigenvalue weighted by Crippen LogP contribution is 2.26. The van der Waals surface area contributed by atoms with E-state index in [-0.39, 0.29) is 30.5 Å². The Morgan fingerprint density at radius 1 is 1.50 bits per heavy atom. The number of anilines is 1. The number of rotatable bonds is 4. The van der Waals surface area contributed by atoms with Gasteiger partial charge in [-0.15, -0.1) is 0 Å². The lowest BCUT2D eigenvalue weighted by Gasteiger charge is -2.24. The molecule has 1 saturated heterocycles. The number of halogens is 1. The Balaban J connectivity index is 2.14. The van der Waals surface area contributed by atoms with Crippen molar-refractivity contribution in [1.82, 2.24) is 4.90 Å². The number of para-hydroxylation sites is 1. The van der Waals surface area contributed by atoms with Gasteiger partial charge >= 0.3 is 0 Å². The highest BCUT2D eigenvalue weighted by molar-refractivity contribution is 6.01. The highest BCUT2D eigenvalue weighted by Gasteiger charge is 2.37. The standard InChI is InChI=1S/C14H18FN3O2/c1-17(13(19)6-8-16)12-7-9-18(14(12)20)11-5-3-2-4-10(11)15/h2-5,12H,6-9,16H2,1H3. The molecule has 2 amide bonds. The Kier molecular flexibility index (Phi) is 4.34. The van der Waals surface area contributed by atoms with Gasteiger partial charge < -0.3 is 15.5 Å². The van der Waals surface area contributed by atoms with Crippen LogP contribution in [0.15, 0.2) is 24.3 Å². The van der Waals surface area contributed by atoms with Gasteiger partial charge in [0.15, 0.2) is 0 Å². The Bertz CT molecular complexity index is 521.